The smallest absolute Gasteiger partial charge is 0.407 e. The average molecular weight is 286 g/mol. The highest BCUT2D eigenvalue weighted by molar-refractivity contribution is 5.67. The molecule has 0 radical (unpaired) electrons. The Kier molecular flexibility index (Phi) is 3.90. The largest absolute Gasteiger partial charge is 0.446 e. The first-order valence-corrected chi connectivity index (χ1v) is 7.16. The van der Waals surface area contributed by atoms with Crippen molar-refractivity contribution in [1.82, 2.24) is 10.3 Å². The van der Waals surface area contributed by atoms with Gasteiger partial charge in [0.15, 0.2) is 0 Å². The average Bonchev–Trinajstić information content (AvgIpc) is 2.90. The van der Waals surface area contributed by atoms with Crippen LogP contribution < -0.4 is 5.32 Å². The fourth-order valence-electron chi connectivity index (χ4n) is 2.06. The van der Waals surface area contributed by atoms with Crippen LogP contribution >= 0.6 is 0 Å². The van der Waals surface area contributed by atoms with Gasteiger partial charge in [-0.05, 0) is 38.3 Å². The fraction of sp³-hybridized carbons (Fsp3) is 0.375. The first-order chi connectivity index (χ1) is 10.2. The first-order valence-electron chi connectivity index (χ1n) is 7.16. The molecule has 1 aromatic carbocycles. The minimum Gasteiger partial charge on any atom is -0.446 e. The van der Waals surface area contributed by atoms with Crippen LogP contribution in [0.3, 0.4) is 0 Å². The van der Waals surface area contributed by atoms with Gasteiger partial charge >= 0.3 is 6.09 Å². The van der Waals surface area contributed by atoms with Crippen molar-refractivity contribution in [2.75, 3.05) is 0 Å². The molecule has 1 N–H and O–H groups in total. The molecule has 0 saturated heterocycles. The van der Waals surface area contributed by atoms with Crippen LogP contribution in [0.1, 0.15) is 30.5 Å². The molecule has 21 heavy (non-hydrogen) atoms. The van der Waals surface area contributed by atoms with Gasteiger partial charge in [-0.25, -0.2) is 9.78 Å². The Morgan fingerprint density at radius 1 is 1.38 bits per heavy atom. The number of benzene rings is 1. The summed E-state index contributed by atoms with van der Waals surface area (Å²) in [6, 6.07) is 7.94. The number of ether oxygens (including phenoxy) is 1. The van der Waals surface area contributed by atoms with Gasteiger partial charge in [-0.3, -0.25) is 0 Å². The van der Waals surface area contributed by atoms with Gasteiger partial charge < -0.3 is 14.5 Å². The summed E-state index contributed by atoms with van der Waals surface area (Å²) < 4.78 is 10.6. The summed E-state index contributed by atoms with van der Waals surface area (Å²) in [5, 5.41) is 2.69. The zero-order valence-corrected chi connectivity index (χ0v) is 12.0. The summed E-state index contributed by atoms with van der Waals surface area (Å²) in [7, 11) is 0. The molecule has 0 aliphatic heterocycles. The van der Waals surface area contributed by atoms with E-state index in [1.54, 1.807) is 6.26 Å². The molecule has 0 unspecified atom stereocenters. The van der Waals surface area contributed by atoms with E-state index in [2.05, 4.69) is 10.3 Å². The van der Waals surface area contributed by atoms with Gasteiger partial charge in [-0.2, -0.15) is 0 Å². The van der Waals surface area contributed by atoms with Crippen molar-refractivity contribution in [2.24, 2.45) is 0 Å². The van der Waals surface area contributed by atoms with Crippen LogP contribution in [0.25, 0.3) is 11.5 Å². The number of amides is 1. The number of rotatable bonds is 4. The Hall–Kier alpha value is -2.30. The van der Waals surface area contributed by atoms with Crippen LogP contribution in [-0.4, -0.2) is 17.2 Å². The van der Waals surface area contributed by atoms with Crippen molar-refractivity contribution in [3.05, 3.63) is 41.8 Å². The number of hydrogen-bond donors (Lipinski definition) is 1. The monoisotopic (exact) mass is 286 g/mol. The molecular weight excluding hydrogens is 268 g/mol. The molecule has 1 saturated carbocycles. The Morgan fingerprint density at radius 3 is 2.81 bits per heavy atom. The molecule has 5 nitrogen and oxygen atoms in total. The van der Waals surface area contributed by atoms with Gasteiger partial charge in [0, 0.05) is 5.56 Å². The minimum absolute atomic E-state index is 0.0884. The molecular formula is C16H18N2O3. The lowest BCUT2D eigenvalue weighted by atomic mass is 9.96. The number of aromatic nitrogens is 1. The van der Waals surface area contributed by atoms with Crippen LogP contribution in [0.5, 0.6) is 0 Å². The highest BCUT2D eigenvalue weighted by Gasteiger charge is 2.21. The minimum atomic E-state index is -0.389. The summed E-state index contributed by atoms with van der Waals surface area (Å²) in [4.78, 5) is 15.9. The quantitative estimate of drug-likeness (QED) is 0.935. The Labute approximate surface area is 123 Å². The van der Waals surface area contributed by atoms with E-state index in [0.29, 0.717) is 18.1 Å². The van der Waals surface area contributed by atoms with Crippen LogP contribution in [-0.2, 0) is 11.3 Å². The third-order valence-corrected chi connectivity index (χ3v) is 3.59. The highest BCUT2D eigenvalue weighted by atomic mass is 16.6. The van der Waals surface area contributed by atoms with E-state index in [1.165, 1.54) is 5.56 Å². The molecule has 1 fully saturated rings. The van der Waals surface area contributed by atoms with E-state index in [1.807, 2.05) is 31.2 Å². The number of alkyl carbamates (subject to hydrolysis) is 1. The first kappa shape index (κ1) is 13.7. The second-order valence-corrected chi connectivity index (χ2v) is 5.32. The molecule has 110 valence electrons. The third kappa shape index (κ3) is 3.42. The van der Waals surface area contributed by atoms with Crippen molar-refractivity contribution in [2.45, 2.75) is 38.8 Å². The van der Waals surface area contributed by atoms with E-state index in [9.17, 15) is 4.79 Å². The molecule has 1 amide bonds. The Morgan fingerprint density at radius 2 is 2.14 bits per heavy atom. The number of oxazole rings is 1. The maximum Gasteiger partial charge on any atom is 0.407 e. The van der Waals surface area contributed by atoms with Crippen LogP contribution in [0, 0.1) is 6.92 Å². The number of nitrogens with zero attached hydrogens (tertiary/aromatic N) is 1. The molecule has 1 heterocycles. The van der Waals surface area contributed by atoms with Crippen LogP contribution in [0.15, 0.2) is 34.9 Å². The van der Waals surface area contributed by atoms with E-state index < -0.39 is 0 Å². The maximum atomic E-state index is 11.5. The van der Waals surface area contributed by atoms with E-state index in [4.69, 9.17) is 9.15 Å². The van der Waals surface area contributed by atoms with Gasteiger partial charge in [0.1, 0.15) is 12.4 Å². The van der Waals surface area contributed by atoms with Crippen LogP contribution in [0.4, 0.5) is 4.79 Å². The second-order valence-electron chi connectivity index (χ2n) is 5.32. The summed E-state index contributed by atoms with van der Waals surface area (Å²) in [5.74, 6) is 0.555. The number of nitrogens with one attached hydrogen (secondary N) is 1. The lowest BCUT2D eigenvalue weighted by molar-refractivity contribution is 0.0521. The van der Waals surface area contributed by atoms with Crippen molar-refractivity contribution >= 4 is 6.09 Å². The molecule has 5 heteroatoms. The molecule has 1 aliphatic rings. The predicted octanol–water partition coefficient (Wildman–Crippen LogP) is 3.43. The standard InChI is InChI=1S/C16H18N2O3/c1-11-5-7-12(8-6-11)15-18-13(10-20-15)9-17-16(19)21-14-3-2-4-14/h5-8,10,14H,2-4,9H2,1H3,(H,17,19). The summed E-state index contributed by atoms with van der Waals surface area (Å²) in [6.45, 7) is 2.34. The molecule has 0 atom stereocenters. The topological polar surface area (TPSA) is 64.4 Å². The molecule has 0 spiro atoms. The van der Waals surface area contributed by atoms with Gasteiger partial charge in [-0.1, -0.05) is 17.7 Å². The maximum absolute atomic E-state index is 11.5. The molecule has 2 aromatic rings. The number of hydrogen-bond acceptors (Lipinski definition) is 4. The van der Waals surface area contributed by atoms with Gasteiger partial charge in [0.25, 0.3) is 0 Å². The molecule has 0 bridgehead atoms. The SMILES string of the molecule is Cc1ccc(-c2nc(CNC(=O)OC3CCC3)co2)cc1. The number of carbonyl (C=O) groups is 1. The Bertz CT molecular complexity index is 615. The molecule has 1 aromatic heterocycles. The zero-order chi connectivity index (χ0) is 14.7. The summed E-state index contributed by atoms with van der Waals surface area (Å²) in [5.41, 5.74) is 2.78. The van der Waals surface area contributed by atoms with Gasteiger partial charge in [0.05, 0.1) is 12.2 Å². The summed E-state index contributed by atoms with van der Waals surface area (Å²) in [6.07, 6.45) is 4.33. The van der Waals surface area contributed by atoms with Gasteiger partial charge in [-0.15, -0.1) is 0 Å². The Balaban J connectivity index is 1.54. The van der Waals surface area contributed by atoms with Gasteiger partial charge in [0.2, 0.25) is 5.89 Å². The van der Waals surface area contributed by atoms with E-state index in [0.717, 1.165) is 24.8 Å². The normalized spacial score (nSPS) is 14.5. The van der Waals surface area contributed by atoms with E-state index in [-0.39, 0.29) is 12.2 Å². The predicted molar refractivity (Wildman–Crippen MR) is 77.6 cm³/mol. The van der Waals surface area contributed by atoms with Crippen LogP contribution in [0.2, 0.25) is 0 Å². The van der Waals surface area contributed by atoms with Crippen molar-refractivity contribution in [3.8, 4) is 11.5 Å². The number of carbonyl (C=O) groups excluding carboxylic acids is 1. The number of aryl methyl sites for hydroxylation is 1. The summed E-state index contributed by atoms with van der Waals surface area (Å²) >= 11 is 0. The molecule has 3 rings (SSSR count). The van der Waals surface area contributed by atoms with Crippen molar-refractivity contribution in [1.29, 1.82) is 0 Å². The lowest BCUT2D eigenvalue weighted by Crippen LogP contribution is -2.32. The fourth-order valence-corrected chi connectivity index (χ4v) is 2.06. The van der Waals surface area contributed by atoms with E-state index >= 15 is 0 Å². The van der Waals surface area contributed by atoms with Crippen molar-refractivity contribution < 1.29 is 13.9 Å². The third-order valence-electron chi connectivity index (χ3n) is 3.59. The zero-order valence-electron chi connectivity index (χ0n) is 12.0. The molecule has 1 aliphatic carbocycles. The highest BCUT2D eigenvalue weighted by Crippen LogP contribution is 2.22. The second kappa shape index (κ2) is 5.99. The van der Waals surface area contributed by atoms with Crippen molar-refractivity contribution in [3.63, 3.8) is 0 Å². The lowest BCUT2D eigenvalue weighted by Gasteiger charge is -2.24.